The largest absolute Gasteiger partial charge is 0.480 e. The Morgan fingerprint density at radius 1 is 1.45 bits per heavy atom. The Morgan fingerprint density at radius 3 is 2.68 bits per heavy atom. The molecule has 0 bridgehead atoms. The molecule has 2 heterocycles. The summed E-state index contributed by atoms with van der Waals surface area (Å²) < 4.78 is 38.8. The minimum Gasteiger partial charge on any atom is -0.480 e. The van der Waals surface area contributed by atoms with Crippen LogP contribution in [0.25, 0.3) is 0 Å². The molecular formula is C13H17F3N4O2. The number of carboxylic acids is 1. The highest BCUT2D eigenvalue weighted by atomic mass is 19.4. The van der Waals surface area contributed by atoms with Crippen LogP contribution in [0.5, 0.6) is 0 Å². The standard InChI is InChI=1S/C13H17F3N4O2/c1-7(2)8-5-10(19-12(18-8)13(14,15)16)20-4-3-17-9(6-20)11(21)22/h5,7,9,17H,3-4,6H2,1-2H3,(H,21,22). The van der Waals surface area contributed by atoms with Gasteiger partial charge in [0.15, 0.2) is 0 Å². The molecule has 22 heavy (non-hydrogen) atoms. The lowest BCUT2D eigenvalue weighted by molar-refractivity contribution is -0.145. The number of halogens is 3. The van der Waals surface area contributed by atoms with Crippen LogP contribution < -0.4 is 10.2 Å². The van der Waals surface area contributed by atoms with Gasteiger partial charge in [0.2, 0.25) is 5.82 Å². The molecular weight excluding hydrogens is 301 g/mol. The van der Waals surface area contributed by atoms with Crippen LogP contribution in [0, 0.1) is 0 Å². The number of anilines is 1. The maximum absolute atomic E-state index is 12.9. The maximum Gasteiger partial charge on any atom is 0.451 e. The van der Waals surface area contributed by atoms with E-state index in [0.29, 0.717) is 13.1 Å². The van der Waals surface area contributed by atoms with E-state index in [4.69, 9.17) is 5.11 Å². The van der Waals surface area contributed by atoms with Crippen molar-refractivity contribution in [3.63, 3.8) is 0 Å². The van der Waals surface area contributed by atoms with E-state index < -0.39 is 24.0 Å². The van der Waals surface area contributed by atoms with Gasteiger partial charge in [-0.1, -0.05) is 13.8 Å². The van der Waals surface area contributed by atoms with Crippen molar-refractivity contribution in [3.05, 3.63) is 17.6 Å². The fraction of sp³-hybridized carbons (Fsp3) is 0.615. The molecule has 0 saturated carbocycles. The van der Waals surface area contributed by atoms with E-state index >= 15 is 0 Å². The van der Waals surface area contributed by atoms with Crippen molar-refractivity contribution in [2.24, 2.45) is 0 Å². The minimum absolute atomic E-state index is 0.0567. The summed E-state index contributed by atoms with van der Waals surface area (Å²) in [6.45, 7) is 4.28. The Morgan fingerprint density at radius 2 is 2.14 bits per heavy atom. The number of carbonyl (C=O) groups is 1. The first kappa shape index (κ1) is 16.5. The van der Waals surface area contributed by atoms with Crippen molar-refractivity contribution in [1.82, 2.24) is 15.3 Å². The lowest BCUT2D eigenvalue weighted by atomic mass is 10.1. The Kier molecular flexibility index (Phi) is 4.55. The minimum atomic E-state index is -4.64. The van der Waals surface area contributed by atoms with Gasteiger partial charge in [0.05, 0.1) is 0 Å². The van der Waals surface area contributed by atoms with Crippen molar-refractivity contribution in [2.75, 3.05) is 24.5 Å². The molecule has 0 spiro atoms. The lowest BCUT2D eigenvalue weighted by Crippen LogP contribution is -2.54. The molecule has 1 atom stereocenters. The normalized spacial score (nSPS) is 19.5. The van der Waals surface area contributed by atoms with Crippen molar-refractivity contribution in [2.45, 2.75) is 32.0 Å². The number of piperazine rings is 1. The van der Waals surface area contributed by atoms with Crippen LogP contribution in [-0.2, 0) is 11.0 Å². The van der Waals surface area contributed by atoms with Gasteiger partial charge in [-0.25, -0.2) is 9.97 Å². The number of aliphatic carboxylic acids is 1. The van der Waals surface area contributed by atoms with Gasteiger partial charge < -0.3 is 15.3 Å². The third kappa shape index (κ3) is 3.65. The highest BCUT2D eigenvalue weighted by Crippen LogP contribution is 2.29. The monoisotopic (exact) mass is 318 g/mol. The SMILES string of the molecule is CC(C)c1cc(N2CCNC(C(=O)O)C2)nc(C(F)(F)F)n1. The van der Waals surface area contributed by atoms with Crippen LogP contribution >= 0.6 is 0 Å². The molecule has 0 radical (unpaired) electrons. The molecule has 1 aromatic heterocycles. The Hall–Kier alpha value is -1.90. The van der Waals surface area contributed by atoms with Gasteiger partial charge in [0.25, 0.3) is 0 Å². The highest BCUT2D eigenvalue weighted by molar-refractivity contribution is 5.74. The number of alkyl halides is 3. The predicted octanol–water partition coefficient (Wildman–Crippen LogP) is 1.48. The van der Waals surface area contributed by atoms with Crippen LogP contribution in [0.3, 0.4) is 0 Å². The van der Waals surface area contributed by atoms with Crippen LogP contribution in [0.4, 0.5) is 19.0 Å². The first-order valence-corrected chi connectivity index (χ1v) is 6.86. The molecule has 1 aliphatic rings. The zero-order chi connectivity index (χ0) is 16.5. The van der Waals surface area contributed by atoms with Gasteiger partial charge in [-0.15, -0.1) is 0 Å². The predicted molar refractivity (Wildman–Crippen MR) is 72.8 cm³/mol. The lowest BCUT2D eigenvalue weighted by Gasteiger charge is -2.33. The van der Waals surface area contributed by atoms with E-state index in [1.165, 1.54) is 11.0 Å². The second-order valence-electron chi connectivity index (χ2n) is 5.42. The van der Waals surface area contributed by atoms with Gasteiger partial charge in [-0.05, 0) is 5.92 Å². The van der Waals surface area contributed by atoms with E-state index in [2.05, 4.69) is 15.3 Å². The third-order valence-electron chi connectivity index (χ3n) is 3.38. The van der Waals surface area contributed by atoms with Gasteiger partial charge in [0, 0.05) is 31.4 Å². The average Bonchev–Trinajstić information content (AvgIpc) is 2.46. The number of carboxylic acid groups (broad SMARTS) is 1. The zero-order valence-corrected chi connectivity index (χ0v) is 12.2. The zero-order valence-electron chi connectivity index (χ0n) is 12.2. The number of rotatable bonds is 3. The van der Waals surface area contributed by atoms with Crippen molar-refractivity contribution in [1.29, 1.82) is 0 Å². The summed E-state index contributed by atoms with van der Waals surface area (Å²) in [6, 6.07) is 0.657. The Balaban J connectivity index is 2.37. The first-order chi connectivity index (χ1) is 10.2. The summed E-state index contributed by atoms with van der Waals surface area (Å²) in [4.78, 5) is 19.7. The van der Waals surface area contributed by atoms with Crippen molar-refractivity contribution < 1.29 is 23.1 Å². The molecule has 1 fully saturated rings. The molecule has 1 saturated heterocycles. The molecule has 6 nitrogen and oxygen atoms in total. The van der Waals surface area contributed by atoms with Crippen molar-refractivity contribution in [3.8, 4) is 0 Å². The van der Waals surface area contributed by atoms with Crippen molar-refractivity contribution >= 4 is 11.8 Å². The number of nitrogens with one attached hydrogen (secondary N) is 1. The molecule has 2 rings (SSSR count). The second kappa shape index (κ2) is 6.07. The van der Waals surface area contributed by atoms with E-state index in [1.54, 1.807) is 13.8 Å². The quantitative estimate of drug-likeness (QED) is 0.879. The average molecular weight is 318 g/mol. The molecule has 1 aromatic rings. The number of aromatic nitrogens is 2. The van der Waals surface area contributed by atoms with Gasteiger partial charge >= 0.3 is 12.1 Å². The van der Waals surface area contributed by atoms with E-state index in [-0.39, 0.29) is 24.0 Å². The fourth-order valence-electron chi connectivity index (χ4n) is 2.16. The van der Waals surface area contributed by atoms with Crippen LogP contribution in [0.2, 0.25) is 0 Å². The number of hydrogen-bond donors (Lipinski definition) is 2. The summed E-state index contributed by atoms with van der Waals surface area (Å²) in [5.41, 5.74) is 0.280. The smallest absolute Gasteiger partial charge is 0.451 e. The summed E-state index contributed by atoms with van der Waals surface area (Å²) in [6.07, 6.45) is -4.64. The van der Waals surface area contributed by atoms with Crippen LogP contribution in [0.1, 0.15) is 31.3 Å². The molecule has 1 unspecified atom stereocenters. The molecule has 1 aliphatic heterocycles. The maximum atomic E-state index is 12.9. The highest BCUT2D eigenvalue weighted by Gasteiger charge is 2.36. The summed E-state index contributed by atoms with van der Waals surface area (Å²) in [5.74, 6) is -2.32. The van der Waals surface area contributed by atoms with E-state index in [1.807, 2.05) is 0 Å². The third-order valence-corrected chi connectivity index (χ3v) is 3.38. The first-order valence-electron chi connectivity index (χ1n) is 6.86. The van der Waals surface area contributed by atoms with Gasteiger partial charge in [-0.3, -0.25) is 4.79 Å². The molecule has 0 amide bonds. The van der Waals surface area contributed by atoms with Crippen LogP contribution in [-0.4, -0.2) is 46.7 Å². The molecule has 0 aromatic carbocycles. The van der Waals surface area contributed by atoms with E-state index in [9.17, 15) is 18.0 Å². The Bertz CT molecular complexity index is 563. The fourth-order valence-corrected chi connectivity index (χ4v) is 2.16. The van der Waals surface area contributed by atoms with Gasteiger partial charge in [0.1, 0.15) is 11.9 Å². The number of hydrogen-bond acceptors (Lipinski definition) is 5. The molecule has 9 heteroatoms. The number of nitrogens with zero attached hydrogens (tertiary/aromatic N) is 3. The molecule has 122 valence electrons. The van der Waals surface area contributed by atoms with E-state index in [0.717, 1.165) is 0 Å². The molecule has 0 aliphatic carbocycles. The van der Waals surface area contributed by atoms with Crippen LogP contribution in [0.15, 0.2) is 6.07 Å². The summed E-state index contributed by atoms with van der Waals surface area (Å²) in [5, 5.41) is 11.8. The topological polar surface area (TPSA) is 78.4 Å². The molecule has 2 N–H and O–H groups in total. The Labute approximate surface area is 125 Å². The summed E-state index contributed by atoms with van der Waals surface area (Å²) >= 11 is 0. The van der Waals surface area contributed by atoms with Gasteiger partial charge in [-0.2, -0.15) is 13.2 Å². The summed E-state index contributed by atoms with van der Waals surface area (Å²) in [7, 11) is 0. The second-order valence-corrected chi connectivity index (χ2v) is 5.42.